The molecular formula is C31H43N3O8. The minimum absolute atomic E-state index is 0.0272. The van der Waals surface area contributed by atoms with E-state index in [1.54, 1.807) is 12.1 Å². The van der Waals surface area contributed by atoms with Crippen LogP contribution in [0.2, 0.25) is 0 Å². The third-order valence-corrected chi connectivity index (χ3v) is 6.97. The molecule has 2 aromatic rings. The molecule has 1 aliphatic rings. The zero-order valence-corrected chi connectivity index (χ0v) is 24.3. The zero-order valence-electron chi connectivity index (χ0n) is 24.3. The minimum atomic E-state index is -0.714. The molecule has 0 bridgehead atoms. The van der Waals surface area contributed by atoms with Crippen LogP contribution in [0.5, 0.6) is 5.75 Å². The van der Waals surface area contributed by atoms with Crippen LogP contribution in [0.15, 0.2) is 42.5 Å². The predicted molar refractivity (Wildman–Crippen MR) is 155 cm³/mol. The lowest BCUT2D eigenvalue weighted by molar-refractivity contribution is -0.180. The van der Waals surface area contributed by atoms with Gasteiger partial charge in [0.25, 0.3) is 5.91 Å². The van der Waals surface area contributed by atoms with Gasteiger partial charge in [-0.15, -0.1) is 0 Å². The smallest absolute Gasteiger partial charge is 0.361 e. The Morgan fingerprint density at radius 3 is 2.50 bits per heavy atom. The molecule has 230 valence electrons. The molecule has 0 saturated carbocycles. The van der Waals surface area contributed by atoms with Crippen LogP contribution in [0.25, 0.3) is 0 Å². The summed E-state index contributed by atoms with van der Waals surface area (Å²) in [5.74, 6) is -1.24. The van der Waals surface area contributed by atoms with Crippen molar-refractivity contribution >= 4 is 17.9 Å². The van der Waals surface area contributed by atoms with Gasteiger partial charge in [0.05, 0.1) is 12.7 Å². The van der Waals surface area contributed by atoms with Crippen LogP contribution in [0.1, 0.15) is 73.8 Å². The Kier molecular flexibility index (Phi) is 13.7. The summed E-state index contributed by atoms with van der Waals surface area (Å²) in [6.45, 7) is 3.70. The number of aryl methyl sites for hydroxylation is 1. The highest BCUT2D eigenvalue weighted by atomic mass is 16.7. The van der Waals surface area contributed by atoms with Gasteiger partial charge in [-0.05, 0) is 67.5 Å². The van der Waals surface area contributed by atoms with Crippen LogP contribution in [-0.2, 0) is 38.7 Å². The summed E-state index contributed by atoms with van der Waals surface area (Å²) in [6.07, 6.45) is 6.31. The number of aliphatic hydroxyl groups is 2. The molecule has 1 saturated heterocycles. The van der Waals surface area contributed by atoms with E-state index in [2.05, 4.69) is 5.32 Å². The molecule has 42 heavy (non-hydrogen) atoms. The summed E-state index contributed by atoms with van der Waals surface area (Å²) < 4.78 is 5.78. The molecule has 2 aromatic carbocycles. The maximum Gasteiger partial charge on any atom is 0.361 e. The number of amides is 3. The third kappa shape index (κ3) is 10.7. The standard InChI is InChI=1S/C31H43N3O8/c1-23(36)42-34-30(39)21-33(31(34)40)20-25-11-8-10-24(17-25)9-4-7-16-41-15-6-3-2-5-14-32-19-29(38)26-12-13-28(37)27(18-26)22-35/h8,10-13,17-18,29,32,35,37-38H,2-7,9,14-16,19-22H2,1H3/t29-/m0/s1. The quantitative estimate of drug-likeness (QED) is 0.144. The van der Waals surface area contributed by atoms with Gasteiger partial charge in [0.2, 0.25) is 0 Å². The first-order chi connectivity index (χ1) is 20.3. The fourth-order valence-corrected chi connectivity index (χ4v) is 4.72. The molecule has 0 aliphatic carbocycles. The second-order valence-corrected chi connectivity index (χ2v) is 10.5. The van der Waals surface area contributed by atoms with E-state index in [0.29, 0.717) is 29.3 Å². The summed E-state index contributed by atoms with van der Waals surface area (Å²) in [6, 6.07) is 12.1. The number of unbranched alkanes of at least 4 members (excludes halogenated alkanes) is 4. The summed E-state index contributed by atoms with van der Waals surface area (Å²) in [4.78, 5) is 41.5. The maximum absolute atomic E-state index is 12.3. The van der Waals surface area contributed by atoms with Crippen molar-refractivity contribution in [3.05, 3.63) is 64.7 Å². The van der Waals surface area contributed by atoms with Gasteiger partial charge in [0.15, 0.2) is 0 Å². The van der Waals surface area contributed by atoms with E-state index in [9.17, 15) is 29.7 Å². The van der Waals surface area contributed by atoms with Gasteiger partial charge >= 0.3 is 12.0 Å². The third-order valence-electron chi connectivity index (χ3n) is 6.97. The summed E-state index contributed by atoms with van der Waals surface area (Å²) in [7, 11) is 0. The van der Waals surface area contributed by atoms with Crippen LogP contribution in [0, 0.1) is 0 Å². The first-order valence-electron chi connectivity index (χ1n) is 14.6. The van der Waals surface area contributed by atoms with E-state index in [1.807, 2.05) is 24.3 Å². The Labute approximate surface area is 247 Å². The number of aliphatic hydroxyl groups excluding tert-OH is 2. The molecule has 1 aliphatic heterocycles. The number of benzene rings is 2. The molecular weight excluding hydrogens is 542 g/mol. The molecule has 3 rings (SSSR count). The number of carbonyl (C=O) groups is 3. The number of hydrogen-bond acceptors (Lipinski definition) is 9. The molecule has 4 N–H and O–H groups in total. The number of urea groups is 1. The molecule has 11 nitrogen and oxygen atoms in total. The van der Waals surface area contributed by atoms with Gasteiger partial charge in [-0.3, -0.25) is 4.79 Å². The first-order valence-corrected chi connectivity index (χ1v) is 14.6. The van der Waals surface area contributed by atoms with Crippen LogP contribution < -0.4 is 5.32 Å². The normalized spacial score (nSPS) is 14.1. The van der Waals surface area contributed by atoms with Gasteiger partial charge in [-0.25, -0.2) is 9.59 Å². The van der Waals surface area contributed by atoms with E-state index in [-0.39, 0.29) is 25.4 Å². The Bertz CT molecular complexity index is 1170. The number of imide groups is 1. The van der Waals surface area contributed by atoms with Gasteiger partial charge in [0, 0.05) is 38.8 Å². The van der Waals surface area contributed by atoms with Gasteiger partial charge in [-0.1, -0.05) is 48.2 Å². The highest BCUT2D eigenvalue weighted by Gasteiger charge is 2.38. The van der Waals surface area contributed by atoms with E-state index in [4.69, 9.17) is 9.57 Å². The van der Waals surface area contributed by atoms with Gasteiger partial charge in [-0.2, -0.15) is 0 Å². The van der Waals surface area contributed by atoms with Crippen molar-refractivity contribution in [3.8, 4) is 5.75 Å². The van der Waals surface area contributed by atoms with E-state index in [0.717, 1.165) is 76.1 Å². The van der Waals surface area contributed by atoms with Crippen molar-refractivity contribution < 1.29 is 39.3 Å². The molecule has 0 spiro atoms. The molecule has 0 unspecified atom stereocenters. The first kappa shape index (κ1) is 33.0. The predicted octanol–water partition coefficient (Wildman–Crippen LogP) is 3.35. The second-order valence-electron chi connectivity index (χ2n) is 10.5. The number of nitrogens with one attached hydrogen (secondary N) is 1. The molecule has 1 atom stereocenters. The molecule has 1 heterocycles. The number of hydrogen-bond donors (Lipinski definition) is 4. The Morgan fingerprint density at radius 1 is 1.00 bits per heavy atom. The number of ether oxygens (including phenoxy) is 1. The molecule has 0 aromatic heterocycles. The highest BCUT2D eigenvalue weighted by molar-refractivity contribution is 6.01. The minimum Gasteiger partial charge on any atom is -0.508 e. The highest BCUT2D eigenvalue weighted by Crippen LogP contribution is 2.22. The van der Waals surface area contributed by atoms with Crippen LogP contribution in [-0.4, -0.2) is 76.0 Å². The Morgan fingerprint density at radius 2 is 1.74 bits per heavy atom. The van der Waals surface area contributed by atoms with E-state index in [1.165, 1.54) is 11.0 Å². The number of nitrogens with zero attached hydrogens (tertiary/aromatic N) is 2. The number of aromatic hydroxyl groups is 1. The number of hydroxylamine groups is 2. The van der Waals surface area contributed by atoms with Crippen molar-refractivity contribution in [2.45, 2.75) is 71.1 Å². The SMILES string of the molecule is CC(=O)ON1C(=O)CN(Cc2cccc(CCCCOCCCCCCNC[C@H](O)c3ccc(O)c(CO)c3)c2)C1=O. The summed E-state index contributed by atoms with van der Waals surface area (Å²) in [5.41, 5.74) is 3.14. The maximum atomic E-state index is 12.3. The van der Waals surface area contributed by atoms with Crippen LogP contribution in [0.4, 0.5) is 4.79 Å². The van der Waals surface area contributed by atoms with Crippen molar-refractivity contribution in [2.75, 3.05) is 32.8 Å². The lowest BCUT2D eigenvalue weighted by atomic mass is 10.1. The monoisotopic (exact) mass is 585 g/mol. The lowest BCUT2D eigenvalue weighted by Gasteiger charge is -2.16. The molecule has 1 fully saturated rings. The Balaban J connectivity index is 1.18. The average Bonchev–Trinajstić information content (AvgIpc) is 3.22. The van der Waals surface area contributed by atoms with Crippen molar-refractivity contribution in [2.24, 2.45) is 0 Å². The number of phenols is 1. The Hall–Kier alpha value is -3.51. The van der Waals surface area contributed by atoms with E-state index >= 15 is 0 Å². The van der Waals surface area contributed by atoms with Gasteiger partial charge < -0.3 is 35.1 Å². The summed E-state index contributed by atoms with van der Waals surface area (Å²) in [5, 5.41) is 32.9. The van der Waals surface area contributed by atoms with Crippen LogP contribution >= 0.6 is 0 Å². The topological polar surface area (TPSA) is 149 Å². The summed E-state index contributed by atoms with van der Waals surface area (Å²) >= 11 is 0. The van der Waals surface area contributed by atoms with Crippen molar-refractivity contribution in [1.82, 2.24) is 15.3 Å². The molecule has 0 radical (unpaired) electrons. The fourth-order valence-electron chi connectivity index (χ4n) is 4.72. The van der Waals surface area contributed by atoms with Crippen molar-refractivity contribution in [3.63, 3.8) is 0 Å². The largest absolute Gasteiger partial charge is 0.508 e. The lowest BCUT2D eigenvalue weighted by Crippen LogP contribution is -2.34. The number of carbonyl (C=O) groups excluding carboxylic acids is 3. The fraction of sp³-hybridized carbons (Fsp3) is 0.516. The average molecular weight is 586 g/mol. The molecule has 3 amide bonds. The zero-order chi connectivity index (χ0) is 30.3. The van der Waals surface area contributed by atoms with Crippen LogP contribution in [0.3, 0.4) is 0 Å². The molecule has 11 heteroatoms. The number of rotatable bonds is 19. The van der Waals surface area contributed by atoms with Crippen molar-refractivity contribution in [1.29, 1.82) is 0 Å². The van der Waals surface area contributed by atoms with E-state index < -0.39 is 24.0 Å². The second kappa shape index (κ2) is 17.4. The van der Waals surface area contributed by atoms with Gasteiger partial charge in [0.1, 0.15) is 12.3 Å².